The molecular formula is C22H20FN7O2. The molecular weight excluding hydrogens is 413 g/mol. The van der Waals surface area contributed by atoms with E-state index >= 15 is 0 Å². The molecule has 162 valence electrons. The fourth-order valence-corrected chi connectivity index (χ4v) is 4.07. The molecule has 4 aromatic rings. The zero-order valence-corrected chi connectivity index (χ0v) is 17.5. The molecule has 0 spiro atoms. The number of amides is 1. The molecule has 5 rings (SSSR count). The molecule has 1 aliphatic rings. The van der Waals surface area contributed by atoms with Crippen molar-refractivity contribution < 1.29 is 9.18 Å². The topological polar surface area (TPSA) is 118 Å². The molecule has 2 N–H and O–H groups in total. The number of aryl methyl sites for hydroxylation is 1. The second kappa shape index (κ2) is 7.33. The van der Waals surface area contributed by atoms with Crippen LogP contribution in [0.2, 0.25) is 0 Å². The summed E-state index contributed by atoms with van der Waals surface area (Å²) in [5, 5.41) is 6.90. The number of nitrogens with one attached hydrogen (secondary N) is 2. The van der Waals surface area contributed by atoms with Crippen LogP contribution in [0.25, 0.3) is 17.2 Å². The highest BCUT2D eigenvalue weighted by molar-refractivity contribution is 6.07. The second-order valence-corrected chi connectivity index (χ2v) is 7.93. The van der Waals surface area contributed by atoms with Crippen LogP contribution in [0.3, 0.4) is 0 Å². The summed E-state index contributed by atoms with van der Waals surface area (Å²) in [6.45, 7) is 3.71. The van der Waals surface area contributed by atoms with Crippen LogP contribution >= 0.6 is 0 Å². The molecule has 0 unspecified atom stereocenters. The van der Waals surface area contributed by atoms with Gasteiger partial charge >= 0.3 is 0 Å². The van der Waals surface area contributed by atoms with Crippen LogP contribution in [0.4, 0.5) is 10.2 Å². The molecule has 0 saturated heterocycles. The molecule has 0 bridgehead atoms. The van der Waals surface area contributed by atoms with Crippen LogP contribution in [0.1, 0.15) is 43.5 Å². The zero-order chi connectivity index (χ0) is 22.5. The third-order valence-corrected chi connectivity index (χ3v) is 5.87. The van der Waals surface area contributed by atoms with Crippen molar-refractivity contribution in [2.75, 3.05) is 5.32 Å². The molecule has 4 heterocycles. The molecule has 1 aromatic carbocycles. The van der Waals surface area contributed by atoms with Crippen molar-refractivity contribution in [3.05, 3.63) is 69.8 Å². The van der Waals surface area contributed by atoms with E-state index in [1.54, 1.807) is 17.6 Å². The average molecular weight is 433 g/mol. The minimum Gasteiger partial charge on any atom is -0.309 e. The lowest BCUT2D eigenvalue weighted by Crippen LogP contribution is -2.36. The molecule has 32 heavy (non-hydrogen) atoms. The van der Waals surface area contributed by atoms with E-state index < -0.39 is 22.7 Å². The van der Waals surface area contributed by atoms with E-state index in [9.17, 15) is 14.0 Å². The SMILES string of the molecule is CCCCc1nc(-c2nc3c(c(=O)[nH]2)[C@](C)(c2ccc(F)cc2)C(=O)N3)cn2ncnc12. The third-order valence-electron chi connectivity index (χ3n) is 5.87. The van der Waals surface area contributed by atoms with Gasteiger partial charge < -0.3 is 10.3 Å². The Kier molecular flexibility index (Phi) is 4.58. The van der Waals surface area contributed by atoms with E-state index in [2.05, 4.69) is 37.3 Å². The second-order valence-electron chi connectivity index (χ2n) is 7.93. The number of fused-ring (bicyclic) bond motifs is 2. The summed E-state index contributed by atoms with van der Waals surface area (Å²) < 4.78 is 15.0. The fourth-order valence-electron chi connectivity index (χ4n) is 4.07. The summed E-state index contributed by atoms with van der Waals surface area (Å²) in [4.78, 5) is 42.3. The van der Waals surface area contributed by atoms with E-state index in [1.165, 1.54) is 30.6 Å². The monoisotopic (exact) mass is 433 g/mol. The lowest BCUT2D eigenvalue weighted by atomic mass is 9.78. The van der Waals surface area contributed by atoms with Gasteiger partial charge in [0.05, 0.1) is 17.5 Å². The predicted molar refractivity (Wildman–Crippen MR) is 115 cm³/mol. The van der Waals surface area contributed by atoms with Gasteiger partial charge in [0.25, 0.3) is 5.56 Å². The van der Waals surface area contributed by atoms with Crippen LogP contribution in [-0.2, 0) is 16.6 Å². The highest BCUT2D eigenvalue weighted by Crippen LogP contribution is 2.40. The van der Waals surface area contributed by atoms with Gasteiger partial charge in [0.15, 0.2) is 11.5 Å². The number of aromatic amines is 1. The summed E-state index contributed by atoms with van der Waals surface area (Å²) in [6.07, 6.45) is 5.72. The Balaban J connectivity index is 1.64. The first-order valence-electron chi connectivity index (χ1n) is 10.3. The molecule has 0 aliphatic carbocycles. The van der Waals surface area contributed by atoms with Gasteiger partial charge in [0, 0.05) is 0 Å². The Bertz CT molecular complexity index is 1410. The summed E-state index contributed by atoms with van der Waals surface area (Å²) in [7, 11) is 0. The van der Waals surface area contributed by atoms with Gasteiger partial charge in [-0.1, -0.05) is 25.5 Å². The van der Waals surface area contributed by atoms with Crippen molar-refractivity contribution >= 4 is 17.4 Å². The molecule has 9 nitrogen and oxygen atoms in total. The quantitative estimate of drug-likeness (QED) is 0.500. The van der Waals surface area contributed by atoms with Gasteiger partial charge in [-0.3, -0.25) is 9.59 Å². The van der Waals surface area contributed by atoms with Crippen molar-refractivity contribution in [2.45, 2.75) is 38.5 Å². The number of anilines is 1. The molecule has 1 atom stereocenters. The molecule has 1 amide bonds. The summed E-state index contributed by atoms with van der Waals surface area (Å²) in [5.41, 5.74) is 0.750. The minimum atomic E-state index is -1.29. The van der Waals surface area contributed by atoms with Crippen LogP contribution in [0, 0.1) is 5.82 Å². The van der Waals surface area contributed by atoms with Crippen molar-refractivity contribution in [3.63, 3.8) is 0 Å². The number of halogens is 1. The Labute approximate surface area is 181 Å². The number of rotatable bonds is 5. The van der Waals surface area contributed by atoms with E-state index in [-0.39, 0.29) is 17.2 Å². The maximum Gasteiger partial charge on any atom is 0.257 e. The van der Waals surface area contributed by atoms with Crippen molar-refractivity contribution in [2.24, 2.45) is 0 Å². The highest BCUT2D eigenvalue weighted by atomic mass is 19.1. The standard InChI is InChI=1S/C22H20FN7O2/c1-3-4-5-14-19-24-11-25-30(19)10-15(26-14)17-27-18-16(20(31)28-17)22(2,21(32)29-18)12-6-8-13(23)9-7-12/h6-11H,3-5H2,1-2H3,(H2,27,28,29,31,32)/t22-/m0/s1. The van der Waals surface area contributed by atoms with Crippen molar-refractivity contribution in [1.29, 1.82) is 0 Å². The normalized spacial score (nSPS) is 17.5. The number of H-pyrrole nitrogens is 1. The van der Waals surface area contributed by atoms with E-state index in [0.717, 1.165) is 18.5 Å². The molecule has 1 aliphatic heterocycles. The molecule has 0 saturated carbocycles. The summed E-state index contributed by atoms with van der Waals surface area (Å²) in [6, 6.07) is 5.52. The highest BCUT2D eigenvalue weighted by Gasteiger charge is 2.47. The Morgan fingerprint density at radius 3 is 2.69 bits per heavy atom. The van der Waals surface area contributed by atoms with Gasteiger partial charge in [-0.05, 0) is 37.5 Å². The maximum absolute atomic E-state index is 13.4. The van der Waals surface area contributed by atoms with Gasteiger partial charge in [0.2, 0.25) is 5.91 Å². The first-order chi connectivity index (χ1) is 15.4. The Morgan fingerprint density at radius 1 is 1.16 bits per heavy atom. The Morgan fingerprint density at radius 2 is 1.94 bits per heavy atom. The van der Waals surface area contributed by atoms with E-state index in [1.807, 2.05) is 0 Å². The number of aromatic nitrogens is 6. The Hall–Kier alpha value is -3.95. The number of unbranched alkanes of at least 4 members (excludes halogenated alkanes) is 1. The van der Waals surface area contributed by atoms with Gasteiger partial charge in [-0.15, -0.1) is 0 Å². The van der Waals surface area contributed by atoms with E-state index in [4.69, 9.17) is 0 Å². The first-order valence-corrected chi connectivity index (χ1v) is 10.3. The number of benzene rings is 1. The zero-order valence-electron chi connectivity index (χ0n) is 17.5. The largest absolute Gasteiger partial charge is 0.309 e. The van der Waals surface area contributed by atoms with Gasteiger partial charge in [-0.25, -0.2) is 23.9 Å². The molecule has 0 fully saturated rings. The number of carbonyl (C=O) groups excluding carboxylic acids is 1. The van der Waals surface area contributed by atoms with Crippen LogP contribution in [0.15, 0.2) is 41.6 Å². The molecule has 3 aromatic heterocycles. The minimum absolute atomic E-state index is 0.163. The van der Waals surface area contributed by atoms with Crippen LogP contribution < -0.4 is 10.9 Å². The fraction of sp³-hybridized carbons (Fsp3) is 0.273. The average Bonchev–Trinajstić information content (AvgIpc) is 3.35. The number of hydrogen-bond acceptors (Lipinski definition) is 6. The first kappa shape index (κ1) is 20.0. The third kappa shape index (κ3) is 2.98. The lowest BCUT2D eigenvalue weighted by Gasteiger charge is -2.21. The number of hydrogen-bond donors (Lipinski definition) is 2. The van der Waals surface area contributed by atoms with Crippen LogP contribution in [0.5, 0.6) is 0 Å². The van der Waals surface area contributed by atoms with Gasteiger partial charge in [-0.2, -0.15) is 5.10 Å². The van der Waals surface area contributed by atoms with Crippen molar-refractivity contribution in [1.82, 2.24) is 29.5 Å². The number of nitrogens with zero attached hydrogens (tertiary/aromatic N) is 5. The predicted octanol–water partition coefficient (Wildman–Crippen LogP) is 2.61. The van der Waals surface area contributed by atoms with Gasteiger partial charge in [0.1, 0.15) is 29.1 Å². The summed E-state index contributed by atoms with van der Waals surface area (Å²) >= 11 is 0. The van der Waals surface area contributed by atoms with Crippen molar-refractivity contribution in [3.8, 4) is 11.5 Å². The molecule has 10 heteroatoms. The number of carbonyl (C=O) groups is 1. The lowest BCUT2D eigenvalue weighted by molar-refractivity contribution is -0.119. The summed E-state index contributed by atoms with van der Waals surface area (Å²) in [5.74, 6) is -0.451. The smallest absolute Gasteiger partial charge is 0.257 e. The molecule has 0 radical (unpaired) electrons. The maximum atomic E-state index is 13.4. The van der Waals surface area contributed by atoms with E-state index in [0.29, 0.717) is 23.3 Å². The van der Waals surface area contributed by atoms with Crippen LogP contribution in [-0.4, -0.2) is 35.5 Å².